The minimum atomic E-state index is -0.380. The van der Waals surface area contributed by atoms with Crippen LogP contribution in [0.25, 0.3) is 0 Å². The van der Waals surface area contributed by atoms with Crippen LogP contribution < -0.4 is 0 Å². The second kappa shape index (κ2) is 6.14. The lowest BCUT2D eigenvalue weighted by atomic mass is 9.84. The minimum Gasteiger partial charge on any atom is -0.370 e. The van der Waals surface area contributed by atoms with Gasteiger partial charge in [0.2, 0.25) is 0 Å². The number of Topliss-reactive ketones (excluding diaryl/α,β-unsaturated/α-hetero) is 1. The third-order valence-electron chi connectivity index (χ3n) is 3.00. The van der Waals surface area contributed by atoms with Crippen LogP contribution in [0.2, 0.25) is 0 Å². The van der Waals surface area contributed by atoms with E-state index in [9.17, 15) is 4.79 Å². The van der Waals surface area contributed by atoms with Crippen molar-refractivity contribution in [1.82, 2.24) is 0 Å². The predicted octanol–water partition coefficient (Wildman–Crippen LogP) is 3.88. The molecule has 0 aromatic heterocycles. The highest BCUT2D eigenvalue weighted by molar-refractivity contribution is 6.00. The Hall–Kier alpha value is -1.15. The summed E-state index contributed by atoms with van der Waals surface area (Å²) in [5.41, 5.74) is 1.80. The van der Waals surface area contributed by atoms with Gasteiger partial charge >= 0.3 is 0 Å². The number of rotatable bonds is 5. The van der Waals surface area contributed by atoms with E-state index in [2.05, 4.69) is 6.92 Å². The lowest BCUT2D eigenvalue weighted by Crippen LogP contribution is -2.37. The summed E-state index contributed by atoms with van der Waals surface area (Å²) in [5, 5.41) is 0. The quantitative estimate of drug-likeness (QED) is 0.739. The molecule has 0 N–H and O–H groups in total. The second-order valence-electron chi connectivity index (χ2n) is 5.62. The first-order valence-corrected chi connectivity index (χ1v) is 6.64. The van der Waals surface area contributed by atoms with Crippen LogP contribution in [0.5, 0.6) is 0 Å². The number of hydrogen-bond donors (Lipinski definition) is 0. The molecule has 18 heavy (non-hydrogen) atoms. The van der Waals surface area contributed by atoms with Crippen molar-refractivity contribution in [3.63, 3.8) is 0 Å². The third-order valence-corrected chi connectivity index (χ3v) is 3.00. The van der Waals surface area contributed by atoms with E-state index in [1.54, 1.807) is 0 Å². The van der Waals surface area contributed by atoms with E-state index in [0.717, 1.165) is 12.0 Å². The van der Waals surface area contributed by atoms with Gasteiger partial charge in [0.1, 0.15) is 6.10 Å². The molecule has 0 bridgehead atoms. The van der Waals surface area contributed by atoms with Crippen LogP contribution in [0.15, 0.2) is 24.3 Å². The molecule has 0 aliphatic heterocycles. The van der Waals surface area contributed by atoms with Gasteiger partial charge in [0.25, 0.3) is 0 Å². The van der Waals surface area contributed by atoms with Crippen LogP contribution in [-0.4, -0.2) is 18.5 Å². The van der Waals surface area contributed by atoms with Crippen LogP contribution in [0, 0.1) is 5.41 Å². The number of benzene rings is 1. The van der Waals surface area contributed by atoms with Gasteiger partial charge in [0.15, 0.2) is 5.78 Å². The van der Waals surface area contributed by atoms with Crippen molar-refractivity contribution >= 4 is 5.78 Å². The van der Waals surface area contributed by atoms with Crippen molar-refractivity contribution in [2.75, 3.05) is 6.61 Å². The maximum Gasteiger partial charge on any atom is 0.192 e. The van der Waals surface area contributed by atoms with Crippen LogP contribution in [-0.2, 0) is 11.2 Å². The zero-order chi connectivity index (χ0) is 13.8. The monoisotopic (exact) mass is 248 g/mol. The second-order valence-corrected chi connectivity index (χ2v) is 5.62. The Morgan fingerprint density at radius 1 is 1.17 bits per heavy atom. The summed E-state index contributed by atoms with van der Waals surface area (Å²) in [6.45, 7) is 10.7. The zero-order valence-corrected chi connectivity index (χ0v) is 12.1. The molecule has 100 valence electrons. The fourth-order valence-corrected chi connectivity index (χ4v) is 1.94. The maximum absolute atomic E-state index is 12.5. The molecular weight excluding hydrogens is 224 g/mol. The molecule has 0 saturated carbocycles. The van der Waals surface area contributed by atoms with Gasteiger partial charge < -0.3 is 4.74 Å². The van der Waals surface area contributed by atoms with Crippen molar-refractivity contribution in [2.45, 2.75) is 47.1 Å². The lowest BCUT2D eigenvalue weighted by molar-refractivity contribution is -0.000219. The number of aryl methyl sites for hydroxylation is 1. The van der Waals surface area contributed by atoms with Gasteiger partial charge in [-0.2, -0.15) is 0 Å². The topological polar surface area (TPSA) is 26.3 Å². The van der Waals surface area contributed by atoms with Gasteiger partial charge in [0, 0.05) is 12.2 Å². The molecule has 0 spiro atoms. The normalized spacial score (nSPS) is 13.4. The van der Waals surface area contributed by atoms with Gasteiger partial charge in [-0.3, -0.25) is 4.79 Å². The summed E-state index contributed by atoms with van der Waals surface area (Å²) in [4.78, 5) is 12.5. The Bertz CT molecular complexity index is 385. The first-order valence-electron chi connectivity index (χ1n) is 6.64. The fraction of sp³-hybridized carbons (Fsp3) is 0.562. The highest BCUT2D eigenvalue weighted by Crippen LogP contribution is 2.25. The highest BCUT2D eigenvalue weighted by Gasteiger charge is 2.32. The van der Waals surface area contributed by atoms with E-state index >= 15 is 0 Å². The van der Waals surface area contributed by atoms with E-state index in [1.165, 1.54) is 5.56 Å². The first-order chi connectivity index (χ1) is 8.40. The molecule has 2 heteroatoms. The molecule has 1 rings (SSSR count). The summed E-state index contributed by atoms with van der Waals surface area (Å²) in [6, 6.07) is 7.83. The van der Waals surface area contributed by atoms with Crippen molar-refractivity contribution in [3.05, 3.63) is 35.4 Å². The molecule has 0 heterocycles. The SMILES string of the molecule is CCOC(C(=O)c1ccc(CC)cc1)C(C)(C)C. The molecule has 2 nitrogen and oxygen atoms in total. The fourth-order valence-electron chi connectivity index (χ4n) is 1.94. The Kier molecular flexibility index (Phi) is 5.09. The predicted molar refractivity (Wildman–Crippen MR) is 75.0 cm³/mol. The molecule has 0 saturated heterocycles. The average molecular weight is 248 g/mol. The van der Waals surface area contributed by atoms with Crippen LogP contribution in [0.1, 0.15) is 50.5 Å². The standard InChI is InChI=1S/C16H24O2/c1-6-12-8-10-13(11-9-12)14(17)15(18-7-2)16(3,4)5/h8-11,15H,6-7H2,1-5H3. The number of ketones is 1. The van der Waals surface area contributed by atoms with Gasteiger partial charge in [-0.15, -0.1) is 0 Å². The van der Waals surface area contributed by atoms with E-state index in [4.69, 9.17) is 4.74 Å². The summed E-state index contributed by atoms with van der Waals surface area (Å²) in [6.07, 6.45) is 0.609. The van der Waals surface area contributed by atoms with Crippen molar-refractivity contribution < 1.29 is 9.53 Å². The smallest absolute Gasteiger partial charge is 0.192 e. The zero-order valence-electron chi connectivity index (χ0n) is 12.1. The van der Waals surface area contributed by atoms with Crippen molar-refractivity contribution in [1.29, 1.82) is 0 Å². The number of carbonyl (C=O) groups is 1. The Morgan fingerprint density at radius 2 is 1.72 bits per heavy atom. The highest BCUT2D eigenvalue weighted by atomic mass is 16.5. The molecule has 0 fully saturated rings. The number of hydrogen-bond acceptors (Lipinski definition) is 2. The van der Waals surface area contributed by atoms with Crippen LogP contribution in [0.3, 0.4) is 0 Å². The molecule has 1 unspecified atom stereocenters. The van der Waals surface area contributed by atoms with E-state index in [0.29, 0.717) is 6.61 Å². The summed E-state index contributed by atoms with van der Waals surface area (Å²) in [7, 11) is 0. The van der Waals surface area contributed by atoms with Gasteiger partial charge in [0.05, 0.1) is 0 Å². The summed E-state index contributed by atoms with van der Waals surface area (Å²) in [5.74, 6) is 0.0759. The lowest BCUT2D eigenvalue weighted by Gasteiger charge is -2.29. The van der Waals surface area contributed by atoms with E-state index in [-0.39, 0.29) is 17.3 Å². The first kappa shape index (κ1) is 14.9. The summed E-state index contributed by atoms with van der Waals surface area (Å²) < 4.78 is 5.63. The molecule has 0 aliphatic rings. The minimum absolute atomic E-state index is 0.0759. The van der Waals surface area contributed by atoms with Gasteiger partial charge in [-0.05, 0) is 24.3 Å². The molecular formula is C16H24O2. The van der Waals surface area contributed by atoms with Crippen LogP contribution >= 0.6 is 0 Å². The molecule has 1 aromatic rings. The van der Waals surface area contributed by atoms with Crippen LogP contribution in [0.4, 0.5) is 0 Å². The number of ether oxygens (including phenoxy) is 1. The maximum atomic E-state index is 12.5. The third kappa shape index (κ3) is 3.67. The molecule has 0 aliphatic carbocycles. The molecule has 1 aromatic carbocycles. The van der Waals surface area contributed by atoms with Crippen molar-refractivity contribution in [2.24, 2.45) is 5.41 Å². The molecule has 0 amide bonds. The van der Waals surface area contributed by atoms with Gasteiger partial charge in [-0.1, -0.05) is 52.0 Å². The molecule has 0 radical (unpaired) electrons. The average Bonchev–Trinajstić information content (AvgIpc) is 2.34. The Morgan fingerprint density at radius 3 is 2.11 bits per heavy atom. The molecule has 1 atom stereocenters. The Balaban J connectivity index is 2.94. The van der Waals surface area contributed by atoms with E-state index < -0.39 is 0 Å². The Labute approximate surface area is 110 Å². The largest absolute Gasteiger partial charge is 0.370 e. The van der Waals surface area contributed by atoms with Gasteiger partial charge in [-0.25, -0.2) is 0 Å². The summed E-state index contributed by atoms with van der Waals surface area (Å²) >= 11 is 0. The number of carbonyl (C=O) groups excluding carboxylic acids is 1. The van der Waals surface area contributed by atoms with E-state index in [1.807, 2.05) is 52.0 Å². The van der Waals surface area contributed by atoms with Crippen molar-refractivity contribution in [3.8, 4) is 0 Å².